The average molecular weight is 262 g/mol. The third-order valence-electron chi connectivity index (χ3n) is 2.88. The van der Waals surface area contributed by atoms with Crippen molar-refractivity contribution in [2.45, 2.75) is 51.9 Å². The molecule has 0 N–H and O–H groups in total. The van der Waals surface area contributed by atoms with Crippen LogP contribution in [0.3, 0.4) is 0 Å². The highest BCUT2D eigenvalue weighted by Crippen LogP contribution is 2.12. The first kappa shape index (κ1) is 15.4. The summed E-state index contributed by atoms with van der Waals surface area (Å²) >= 11 is 0. The molecule has 3 heteroatoms. The minimum Gasteiger partial charge on any atom is -0.427 e. The van der Waals surface area contributed by atoms with Gasteiger partial charge in [-0.1, -0.05) is 37.5 Å². The molecule has 0 saturated carbocycles. The first-order chi connectivity index (χ1) is 9.18. The highest BCUT2D eigenvalue weighted by Gasteiger charge is 2.03. The molecule has 1 rings (SSSR count). The van der Waals surface area contributed by atoms with Crippen LogP contribution in [-0.4, -0.2) is 11.8 Å². The van der Waals surface area contributed by atoms with Crippen LogP contribution >= 0.6 is 0 Å². The number of ketones is 1. The van der Waals surface area contributed by atoms with Gasteiger partial charge in [0.05, 0.1) is 0 Å². The second-order valence-electron chi connectivity index (χ2n) is 4.76. The molecule has 0 aromatic heterocycles. The lowest BCUT2D eigenvalue weighted by Crippen LogP contribution is -2.07. The number of hydrogen-bond donors (Lipinski definition) is 0. The molecule has 0 bridgehead atoms. The maximum Gasteiger partial charge on any atom is 0.311 e. The summed E-state index contributed by atoms with van der Waals surface area (Å²) in [5.41, 5.74) is 0. The molecule has 0 aliphatic heterocycles. The summed E-state index contributed by atoms with van der Waals surface area (Å²) < 4.78 is 5.19. The van der Waals surface area contributed by atoms with Gasteiger partial charge in [-0.25, -0.2) is 0 Å². The Labute approximate surface area is 115 Å². The Bertz CT molecular complexity index is 384. The van der Waals surface area contributed by atoms with Gasteiger partial charge in [-0.2, -0.15) is 0 Å². The van der Waals surface area contributed by atoms with Crippen LogP contribution in [0.1, 0.15) is 51.9 Å². The summed E-state index contributed by atoms with van der Waals surface area (Å²) in [5, 5.41) is 0. The van der Waals surface area contributed by atoms with Gasteiger partial charge in [0.25, 0.3) is 0 Å². The molecular weight excluding hydrogens is 240 g/mol. The van der Waals surface area contributed by atoms with Crippen molar-refractivity contribution in [1.29, 1.82) is 0 Å². The van der Waals surface area contributed by atoms with Crippen LogP contribution in [0.25, 0.3) is 0 Å². The van der Waals surface area contributed by atoms with E-state index in [-0.39, 0.29) is 11.8 Å². The number of para-hydroxylation sites is 1. The summed E-state index contributed by atoms with van der Waals surface area (Å²) in [6.07, 6.45) is 6.11. The van der Waals surface area contributed by atoms with Gasteiger partial charge in [-0.05, 0) is 31.9 Å². The van der Waals surface area contributed by atoms with Crippen molar-refractivity contribution in [2.75, 3.05) is 0 Å². The molecule has 0 aliphatic carbocycles. The topological polar surface area (TPSA) is 43.4 Å². The van der Waals surface area contributed by atoms with E-state index >= 15 is 0 Å². The van der Waals surface area contributed by atoms with E-state index in [0.717, 1.165) is 32.1 Å². The number of ether oxygens (including phenoxy) is 1. The lowest BCUT2D eigenvalue weighted by molar-refractivity contribution is -0.134. The predicted molar refractivity (Wildman–Crippen MR) is 75.1 cm³/mol. The number of esters is 1. The summed E-state index contributed by atoms with van der Waals surface area (Å²) in [6.45, 7) is 1.62. The SMILES string of the molecule is CC(=O)CCCCCCCC(=O)Oc1ccccc1. The standard InChI is InChI=1S/C16H22O3/c1-14(17)10-6-3-2-4-9-13-16(18)19-15-11-7-5-8-12-15/h5,7-8,11-12H,2-4,6,9-10,13H2,1H3. The van der Waals surface area contributed by atoms with E-state index in [0.29, 0.717) is 18.6 Å². The van der Waals surface area contributed by atoms with Gasteiger partial charge in [-0.15, -0.1) is 0 Å². The Morgan fingerprint density at radius 1 is 0.895 bits per heavy atom. The maximum absolute atomic E-state index is 11.5. The number of unbranched alkanes of at least 4 members (excludes halogenated alkanes) is 4. The first-order valence-electron chi connectivity index (χ1n) is 6.93. The number of rotatable bonds is 9. The number of Topliss-reactive ketones (excluding diaryl/α,β-unsaturated/α-hetero) is 1. The molecule has 0 radical (unpaired) electrons. The Balaban J connectivity index is 2.00. The molecule has 0 atom stereocenters. The quantitative estimate of drug-likeness (QED) is 0.385. The minimum absolute atomic E-state index is 0.171. The van der Waals surface area contributed by atoms with Crippen LogP contribution in [0.2, 0.25) is 0 Å². The molecule has 1 aromatic rings. The summed E-state index contributed by atoms with van der Waals surface area (Å²) in [4.78, 5) is 22.3. The van der Waals surface area contributed by atoms with Crippen molar-refractivity contribution < 1.29 is 14.3 Å². The van der Waals surface area contributed by atoms with E-state index in [9.17, 15) is 9.59 Å². The van der Waals surface area contributed by atoms with Crippen LogP contribution in [0.15, 0.2) is 30.3 Å². The Kier molecular flexibility index (Phi) is 7.56. The Hall–Kier alpha value is -1.64. The molecule has 0 heterocycles. The molecule has 104 valence electrons. The predicted octanol–water partition coefficient (Wildman–Crippen LogP) is 3.91. The zero-order valence-electron chi connectivity index (χ0n) is 11.6. The number of hydrogen-bond acceptors (Lipinski definition) is 3. The molecule has 0 unspecified atom stereocenters. The molecule has 0 aliphatic rings. The maximum atomic E-state index is 11.5. The van der Waals surface area contributed by atoms with E-state index in [1.54, 1.807) is 19.1 Å². The molecule has 0 fully saturated rings. The molecule has 0 amide bonds. The fourth-order valence-electron chi connectivity index (χ4n) is 1.84. The minimum atomic E-state index is -0.171. The summed E-state index contributed by atoms with van der Waals surface area (Å²) in [6, 6.07) is 9.13. The molecule has 0 spiro atoms. The average Bonchev–Trinajstić information content (AvgIpc) is 2.38. The second-order valence-corrected chi connectivity index (χ2v) is 4.76. The molecule has 1 aromatic carbocycles. The largest absolute Gasteiger partial charge is 0.427 e. The monoisotopic (exact) mass is 262 g/mol. The zero-order valence-corrected chi connectivity index (χ0v) is 11.6. The molecule has 19 heavy (non-hydrogen) atoms. The smallest absolute Gasteiger partial charge is 0.311 e. The summed E-state index contributed by atoms with van der Waals surface area (Å²) in [5.74, 6) is 0.690. The van der Waals surface area contributed by atoms with Crippen LogP contribution in [-0.2, 0) is 9.59 Å². The van der Waals surface area contributed by atoms with Gasteiger partial charge < -0.3 is 9.53 Å². The van der Waals surface area contributed by atoms with Gasteiger partial charge in [0.2, 0.25) is 0 Å². The van der Waals surface area contributed by atoms with Crippen molar-refractivity contribution in [3.05, 3.63) is 30.3 Å². The second kappa shape index (κ2) is 9.31. The van der Waals surface area contributed by atoms with Gasteiger partial charge in [-0.3, -0.25) is 4.79 Å². The number of carbonyl (C=O) groups is 2. The van der Waals surface area contributed by atoms with Crippen molar-refractivity contribution in [1.82, 2.24) is 0 Å². The van der Waals surface area contributed by atoms with Crippen molar-refractivity contribution >= 4 is 11.8 Å². The van der Waals surface area contributed by atoms with E-state index in [4.69, 9.17) is 4.74 Å². The number of carbonyl (C=O) groups excluding carboxylic acids is 2. The lowest BCUT2D eigenvalue weighted by Gasteiger charge is -2.04. The van der Waals surface area contributed by atoms with Crippen LogP contribution in [0, 0.1) is 0 Å². The number of benzene rings is 1. The third-order valence-corrected chi connectivity index (χ3v) is 2.88. The summed E-state index contributed by atoms with van der Waals surface area (Å²) in [7, 11) is 0. The van der Waals surface area contributed by atoms with Gasteiger partial charge in [0, 0.05) is 12.8 Å². The van der Waals surface area contributed by atoms with Gasteiger partial charge in [0.15, 0.2) is 0 Å². The van der Waals surface area contributed by atoms with Crippen LogP contribution in [0.4, 0.5) is 0 Å². The van der Waals surface area contributed by atoms with Crippen molar-refractivity contribution in [3.63, 3.8) is 0 Å². The highest BCUT2D eigenvalue weighted by molar-refractivity contribution is 5.75. The fraction of sp³-hybridized carbons (Fsp3) is 0.500. The fourth-order valence-corrected chi connectivity index (χ4v) is 1.84. The van der Waals surface area contributed by atoms with Crippen molar-refractivity contribution in [2.24, 2.45) is 0 Å². The Morgan fingerprint density at radius 3 is 2.11 bits per heavy atom. The Morgan fingerprint density at radius 2 is 1.47 bits per heavy atom. The molecular formula is C16H22O3. The van der Waals surface area contributed by atoms with Crippen LogP contribution < -0.4 is 4.74 Å². The van der Waals surface area contributed by atoms with Gasteiger partial charge >= 0.3 is 5.97 Å². The van der Waals surface area contributed by atoms with Crippen LogP contribution in [0.5, 0.6) is 5.75 Å². The van der Waals surface area contributed by atoms with Crippen molar-refractivity contribution in [3.8, 4) is 5.75 Å². The third kappa shape index (κ3) is 8.14. The van der Waals surface area contributed by atoms with E-state index in [1.165, 1.54) is 0 Å². The highest BCUT2D eigenvalue weighted by atomic mass is 16.5. The first-order valence-corrected chi connectivity index (χ1v) is 6.93. The van der Waals surface area contributed by atoms with E-state index < -0.39 is 0 Å². The normalized spacial score (nSPS) is 10.2. The lowest BCUT2D eigenvalue weighted by atomic mass is 10.1. The van der Waals surface area contributed by atoms with E-state index in [2.05, 4.69) is 0 Å². The van der Waals surface area contributed by atoms with E-state index in [1.807, 2.05) is 18.2 Å². The zero-order chi connectivity index (χ0) is 13.9. The van der Waals surface area contributed by atoms with Gasteiger partial charge in [0.1, 0.15) is 11.5 Å². The molecule has 3 nitrogen and oxygen atoms in total. The molecule has 0 saturated heterocycles.